The molecule has 1 aromatic rings. The van der Waals surface area contributed by atoms with E-state index in [-0.39, 0.29) is 43.5 Å². The highest BCUT2D eigenvalue weighted by Crippen LogP contribution is 2.15. The van der Waals surface area contributed by atoms with E-state index in [4.69, 9.17) is 0 Å². The van der Waals surface area contributed by atoms with Gasteiger partial charge in [-0.15, -0.1) is 0 Å². The molecule has 7 nitrogen and oxygen atoms in total. The molecule has 1 N–H and O–H groups in total. The van der Waals surface area contributed by atoms with Crippen molar-refractivity contribution in [1.29, 1.82) is 0 Å². The average molecular weight is 500 g/mol. The number of piperidine rings is 1. The third-order valence-corrected chi connectivity index (χ3v) is 6.77. The number of rotatable bonds is 18. The highest BCUT2D eigenvalue weighted by atomic mass is 16.2. The molecule has 1 saturated heterocycles. The highest BCUT2D eigenvalue weighted by Gasteiger charge is 2.36. The first-order valence-corrected chi connectivity index (χ1v) is 13.9. The number of Topliss-reactive ketones (excluding diaryl/α,β-unsaturated/α-hetero) is 1. The molecule has 0 radical (unpaired) electrons. The van der Waals surface area contributed by atoms with Gasteiger partial charge in [-0.1, -0.05) is 95.5 Å². The molecule has 3 amide bonds. The van der Waals surface area contributed by atoms with Crippen molar-refractivity contribution in [2.45, 2.75) is 96.9 Å². The van der Waals surface area contributed by atoms with Crippen molar-refractivity contribution in [3.8, 4) is 0 Å². The molecule has 0 aliphatic carbocycles. The lowest BCUT2D eigenvalue weighted by Crippen LogP contribution is -2.56. The smallest absolute Gasteiger partial charge is 0.252 e. The second-order valence-corrected chi connectivity index (χ2v) is 9.87. The topological polar surface area (TPSA) is 86.8 Å². The van der Waals surface area contributed by atoms with Crippen molar-refractivity contribution in [1.82, 2.24) is 15.1 Å². The van der Waals surface area contributed by atoms with Crippen LogP contribution in [-0.4, -0.2) is 65.5 Å². The molecule has 0 bridgehead atoms. The van der Waals surface area contributed by atoms with E-state index < -0.39 is 11.9 Å². The van der Waals surface area contributed by atoms with E-state index in [9.17, 15) is 19.2 Å². The van der Waals surface area contributed by atoms with Crippen LogP contribution in [-0.2, 0) is 14.4 Å². The van der Waals surface area contributed by atoms with Gasteiger partial charge in [-0.05, 0) is 32.4 Å². The van der Waals surface area contributed by atoms with Gasteiger partial charge in [-0.25, -0.2) is 0 Å². The van der Waals surface area contributed by atoms with Crippen molar-refractivity contribution in [2.75, 3.05) is 26.2 Å². The van der Waals surface area contributed by atoms with E-state index in [1.54, 1.807) is 30.3 Å². The molecule has 1 atom stereocenters. The third kappa shape index (κ3) is 10.6. The van der Waals surface area contributed by atoms with Gasteiger partial charge in [0.2, 0.25) is 11.8 Å². The number of hydrogen-bond donors (Lipinski definition) is 1. The van der Waals surface area contributed by atoms with Crippen molar-refractivity contribution < 1.29 is 19.2 Å². The van der Waals surface area contributed by atoms with Crippen LogP contribution in [0.4, 0.5) is 0 Å². The molecule has 7 heteroatoms. The molecule has 0 aromatic heterocycles. The molecular weight excluding hydrogens is 454 g/mol. The fraction of sp³-hybridized carbons (Fsp3) is 0.655. The number of likely N-dealkylation sites (tertiary alicyclic amines) is 1. The molecule has 0 saturated carbocycles. The Labute approximate surface area is 217 Å². The number of imide groups is 1. The molecule has 1 heterocycles. The summed E-state index contributed by atoms with van der Waals surface area (Å²) in [5.41, 5.74) is 0.456. The van der Waals surface area contributed by atoms with Crippen LogP contribution in [0, 0.1) is 0 Å². The van der Waals surface area contributed by atoms with Gasteiger partial charge in [0.05, 0.1) is 13.1 Å². The maximum atomic E-state index is 13.0. The summed E-state index contributed by atoms with van der Waals surface area (Å²) in [6.07, 6.45) is 12.2. The number of amides is 3. The zero-order valence-corrected chi connectivity index (χ0v) is 22.3. The summed E-state index contributed by atoms with van der Waals surface area (Å²) in [6.45, 7) is 6.11. The largest absolute Gasteiger partial charge is 0.343 e. The standard InChI is InChI=1S/C29H45N3O4/c1-3-5-7-9-14-20-31(21-15-10-8-6-4-2)23-27(34)30-25-18-19-28(35)32(29(25)36)22-26(33)24-16-12-11-13-17-24/h11-13,16-17,25H,3-10,14-15,18-23H2,1-2H3,(H,30,34). The molecule has 1 aliphatic heterocycles. The van der Waals surface area contributed by atoms with E-state index in [1.807, 2.05) is 0 Å². The van der Waals surface area contributed by atoms with E-state index in [2.05, 4.69) is 24.1 Å². The summed E-state index contributed by atoms with van der Waals surface area (Å²) in [7, 11) is 0. The van der Waals surface area contributed by atoms with Gasteiger partial charge in [0.1, 0.15) is 6.04 Å². The summed E-state index contributed by atoms with van der Waals surface area (Å²) < 4.78 is 0. The van der Waals surface area contributed by atoms with Crippen LogP contribution in [0.25, 0.3) is 0 Å². The third-order valence-electron chi connectivity index (χ3n) is 6.77. The molecule has 1 aliphatic rings. The van der Waals surface area contributed by atoms with Gasteiger partial charge in [0, 0.05) is 12.0 Å². The number of unbranched alkanes of at least 4 members (excludes halogenated alkanes) is 8. The molecule has 36 heavy (non-hydrogen) atoms. The van der Waals surface area contributed by atoms with Gasteiger partial charge in [0.25, 0.3) is 5.91 Å². The Morgan fingerprint density at radius 3 is 2.06 bits per heavy atom. The molecule has 0 spiro atoms. The minimum atomic E-state index is -0.769. The first-order chi connectivity index (χ1) is 17.5. The SMILES string of the molecule is CCCCCCCN(CCCCCCC)CC(=O)NC1CCC(=O)N(CC(=O)c2ccccc2)C1=O. The molecule has 1 fully saturated rings. The van der Waals surface area contributed by atoms with Crippen molar-refractivity contribution in [2.24, 2.45) is 0 Å². The number of hydrogen-bond acceptors (Lipinski definition) is 5. The summed E-state index contributed by atoms with van der Waals surface area (Å²) >= 11 is 0. The van der Waals surface area contributed by atoms with Crippen LogP contribution in [0.2, 0.25) is 0 Å². The maximum absolute atomic E-state index is 13.0. The number of nitrogens with one attached hydrogen (secondary N) is 1. The van der Waals surface area contributed by atoms with E-state index in [0.29, 0.717) is 5.56 Å². The Balaban J connectivity index is 1.89. The number of nitrogens with zero attached hydrogens (tertiary/aromatic N) is 2. The minimum Gasteiger partial charge on any atom is -0.343 e. The second-order valence-electron chi connectivity index (χ2n) is 9.87. The number of ketones is 1. The lowest BCUT2D eigenvalue weighted by atomic mass is 10.0. The van der Waals surface area contributed by atoms with Gasteiger partial charge in [-0.2, -0.15) is 0 Å². The van der Waals surface area contributed by atoms with Crippen molar-refractivity contribution in [3.63, 3.8) is 0 Å². The Morgan fingerprint density at radius 2 is 1.47 bits per heavy atom. The number of benzene rings is 1. The lowest BCUT2D eigenvalue weighted by molar-refractivity contribution is -0.150. The van der Waals surface area contributed by atoms with Crippen molar-refractivity contribution >= 4 is 23.5 Å². The van der Waals surface area contributed by atoms with Crippen LogP contribution >= 0.6 is 0 Å². The van der Waals surface area contributed by atoms with Gasteiger partial charge in [-0.3, -0.25) is 29.0 Å². The van der Waals surface area contributed by atoms with Crippen LogP contribution < -0.4 is 5.32 Å². The molecule has 1 aromatic carbocycles. The second kappa shape index (κ2) is 17.0. The van der Waals surface area contributed by atoms with Crippen LogP contribution in [0.5, 0.6) is 0 Å². The predicted octanol–water partition coefficient (Wildman–Crippen LogP) is 4.75. The van der Waals surface area contributed by atoms with Gasteiger partial charge >= 0.3 is 0 Å². The molecule has 1 unspecified atom stereocenters. The monoisotopic (exact) mass is 499 g/mol. The quantitative estimate of drug-likeness (QED) is 0.179. The predicted molar refractivity (Wildman–Crippen MR) is 143 cm³/mol. The maximum Gasteiger partial charge on any atom is 0.252 e. The Kier molecular flexibility index (Phi) is 14.0. The normalized spacial score (nSPS) is 16.0. The van der Waals surface area contributed by atoms with Gasteiger partial charge < -0.3 is 5.32 Å². The van der Waals surface area contributed by atoms with E-state index >= 15 is 0 Å². The Morgan fingerprint density at radius 1 is 0.889 bits per heavy atom. The van der Waals surface area contributed by atoms with Crippen LogP contribution in [0.3, 0.4) is 0 Å². The summed E-state index contributed by atoms with van der Waals surface area (Å²) in [6, 6.07) is 7.86. The summed E-state index contributed by atoms with van der Waals surface area (Å²) in [5.74, 6) is -1.34. The fourth-order valence-corrected chi connectivity index (χ4v) is 4.59. The first-order valence-electron chi connectivity index (χ1n) is 13.9. The van der Waals surface area contributed by atoms with E-state index in [1.165, 1.54) is 38.5 Å². The molecule has 2 rings (SSSR count). The van der Waals surface area contributed by atoms with Crippen molar-refractivity contribution in [3.05, 3.63) is 35.9 Å². The minimum absolute atomic E-state index is 0.136. The fourth-order valence-electron chi connectivity index (χ4n) is 4.59. The number of carbonyl (C=O) groups is 4. The Bertz CT molecular complexity index is 813. The average Bonchev–Trinajstić information content (AvgIpc) is 2.88. The zero-order chi connectivity index (χ0) is 26.2. The first kappa shape index (κ1) is 29.7. The zero-order valence-electron chi connectivity index (χ0n) is 22.3. The Hall–Kier alpha value is -2.54. The summed E-state index contributed by atoms with van der Waals surface area (Å²) in [4.78, 5) is 54.1. The lowest BCUT2D eigenvalue weighted by Gasteiger charge is -2.31. The highest BCUT2D eigenvalue weighted by molar-refractivity contribution is 6.07. The molecule has 200 valence electrons. The number of carbonyl (C=O) groups excluding carboxylic acids is 4. The molecular formula is C29H45N3O4. The van der Waals surface area contributed by atoms with Gasteiger partial charge in [0.15, 0.2) is 5.78 Å². The van der Waals surface area contributed by atoms with Crippen LogP contribution in [0.1, 0.15) is 101 Å². The van der Waals surface area contributed by atoms with Crippen LogP contribution in [0.15, 0.2) is 30.3 Å². The summed E-state index contributed by atoms with van der Waals surface area (Å²) in [5, 5.41) is 2.85. The van der Waals surface area contributed by atoms with E-state index in [0.717, 1.165) is 43.7 Å².